The first-order valence-electron chi connectivity index (χ1n) is 9.73. The zero-order valence-corrected chi connectivity index (χ0v) is 17.0. The molecule has 8 nitrogen and oxygen atoms in total. The number of nitrogens with one attached hydrogen (secondary N) is 3. The second kappa shape index (κ2) is 10.7. The van der Waals surface area contributed by atoms with Crippen molar-refractivity contribution in [3.8, 4) is 16.9 Å². The number of urea groups is 1. The number of ether oxygens (including phenoxy) is 1. The van der Waals surface area contributed by atoms with E-state index in [9.17, 15) is 9.59 Å². The maximum atomic E-state index is 12.2. The van der Waals surface area contributed by atoms with E-state index in [2.05, 4.69) is 20.9 Å². The molecule has 0 spiro atoms. The molecule has 3 aromatic rings. The molecule has 0 bridgehead atoms. The van der Waals surface area contributed by atoms with Crippen LogP contribution in [0.5, 0.6) is 5.75 Å². The van der Waals surface area contributed by atoms with Crippen LogP contribution in [0.15, 0.2) is 72.9 Å². The van der Waals surface area contributed by atoms with Crippen LogP contribution in [0.2, 0.25) is 0 Å². The monoisotopic (exact) mass is 420 g/mol. The number of carboxylic acid groups (broad SMARTS) is 1. The minimum absolute atomic E-state index is 0.00727. The number of carboxylic acids is 1. The molecule has 0 aliphatic rings. The average molecular weight is 420 g/mol. The lowest BCUT2D eigenvalue weighted by atomic mass is 10.0. The number of likely N-dealkylation sites (N-methyl/N-ethyl adjacent to an activating group) is 1. The number of amides is 2. The molecule has 0 saturated carbocycles. The van der Waals surface area contributed by atoms with Gasteiger partial charge in [0.05, 0.1) is 12.2 Å². The van der Waals surface area contributed by atoms with E-state index >= 15 is 0 Å². The molecule has 0 fully saturated rings. The van der Waals surface area contributed by atoms with Crippen LogP contribution in [0.1, 0.15) is 5.69 Å². The van der Waals surface area contributed by atoms with Gasteiger partial charge in [-0.05, 0) is 54.6 Å². The lowest BCUT2D eigenvalue weighted by molar-refractivity contribution is -0.140. The standard InChI is InChI=1S/C23H24N4O4/c1-24-21(22(28)29)15-31-20-10-5-7-17(13-20)16-6-4-9-18(12-16)27-23(30)26-14-19-8-2-3-11-25-19/h2-13,21,24H,14-15H2,1H3,(H,28,29)(H2,26,27,30). The summed E-state index contributed by atoms with van der Waals surface area (Å²) in [5, 5.41) is 17.4. The van der Waals surface area contributed by atoms with Gasteiger partial charge in [0, 0.05) is 11.9 Å². The summed E-state index contributed by atoms with van der Waals surface area (Å²) in [6.07, 6.45) is 1.68. The number of pyridine rings is 1. The molecule has 1 aromatic heterocycles. The normalized spacial score (nSPS) is 11.4. The summed E-state index contributed by atoms with van der Waals surface area (Å²) in [5.41, 5.74) is 3.18. The van der Waals surface area contributed by atoms with Crippen LogP contribution in [-0.2, 0) is 11.3 Å². The van der Waals surface area contributed by atoms with Crippen molar-refractivity contribution >= 4 is 17.7 Å². The smallest absolute Gasteiger partial charge is 0.324 e. The number of carbonyl (C=O) groups excluding carboxylic acids is 1. The summed E-state index contributed by atoms with van der Waals surface area (Å²) in [4.78, 5) is 27.5. The zero-order valence-electron chi connectivity index (χ0n) is 17.0. The highest BCUT2D eigenvalue weighted by molar-refractivity contribution is 5.90. The highest BCUT2D eigenvalue weighted by Gasteiger charge is 2.15. The number of aliphatic carboxylic acids is 1. The number of hydrogen-bond acceptors (Lipinski definition) is 5. The summed E-state index contributed by atoms with van der Waals surface area (Å²) in [7, 11) is 1.57. The summed E-state index contributed by atoms with van der Waals surface area (Å²) in [6, 6.07) is 19.2. The second-order valence-corrected chi connectivity index (χ2v) is 6.73. The summed E-state index contributed by atoms with van der Waals surface area (Å²) in [5.74, 6) is -0.413. The molecule has 4 N–H and O–H groups in total. The lowest BCUT2D eigenvalue weighted by Gasteiger charge is -2.14. The molecule has 1 heterocycles. The van der Waals surface area contributed by atoms with E-state index in [4.69, 9.17) is 9.84 Å². The van der Waals surface area contributed by atoms with Gasteiger partial charge in [0.2, 0.25) is 0 Å². The van der Waals surface area contributed by atoms with Crippen molar-refractivity contribution in [1.82, 2.24) is 15.6 Å². The first kappa shape index (κ1) is 21.8. The zero-order chi connectivity index (χ0) is 22.1. The third kappa shape index (κ3) is 6.55. The fraction of sp³-hybridized carbons (Fsp3) is 0.174. The average Bonchev–Trinajstić information content (AvgIpc) is 2.79. The largest absolute Gasteiger partial charge is 0.491 e. The van der Waals surface area contributed by atoms with Crippen LogP contribution >= 0.6 is 0 Å². The Labute approximate surface area is 180 Å². The molecular weight excluding hydrogens is 396 g/mol. The maximum Gasteiger partial charge on any atom is 0.324 e. The van der Waals surface area contributed by atoms with Crippen LogP contribution in [-0.4, -0.2) is 41.8 Å². The fourth-order valence-corrected chi connectivity index (χ4v) is 2.85. The SMILES string of the molecule is CNC(COc1cccc(-c2cccc(NC(=O)NCc3ccccn3)c2)c1)C(=O)O. The van der Waals surface area contributed by atoms with Crippen molar-refractivity contribution in [3.63, 3.8) is 0 Å². The third-order valence-electron chi connectivity index (χ3n) is 4.51. The Morgan fingerprint density at radius 2 is 1.81 bits per heavy atom. The topological polar surface area (TPSA) is 113 Å². The molecule has 0 aliphatic carbocycles. The van der Waals surface area contributed by atoms with Gasteiger partial charge in [-0.15, -0.1) is 0 Å². The Kier molecular flexibility index (Phi) is 7.56. The Morgan fingerprint density at radius 1 is 1.03 bits per heavy atom. The molecule has 3 rings (SSSR count). The van der Waals surface area contributed by atoms with Crippen LogP contribution in [0.4, 0.5) is 10.5 Å². The van der Waals surface area contributed by atoms with Gasteiger partial charge in [0.25, 0.3) is 0 Å². The van der Waals surface area contributed by atoms with Crippen LogP contribution in [0, 0.1) is 0 Å². The van der Waals surface area contributed by atoms with Gasteiger partial charge in [-0.2, -0.15) is 0 Å². The van der Waals surface area contributed by atoms with Crippen LogP contribution in [0.25, 0.3) is 11.1 Å². The predicted molar refractivity (Wildman–Crippen MR) is 118 cm³/mol. The second-order valence-electron chi connectivity index (χ2n) is 6.73. The molecule has 0 aliphatic heterocycles. The number of carbonyl (C=O) groups is 2. The van der Waals surface area contributed by atoms with Gasteiger partial charge in [-0.3, -0.25) is 9.78 Å². The van der Waals surface area contributed by atoms with E-state index in [1.54, 1.807) is 25.4 Å². The number of anilines is 1. The van der Waals surface area contributed by atoms with Gasteiger partial charge in [0.1, 0.15) is 18.4 Å². The van der Waals surface area contributed by atoms with E-state index in [0.717, 1.165) is 16.8 Å². The van der Waals surface area contributed by atoms with Crippen molar-refractivity contribution in [3.05, 3.63) is 78.6 Å². The van der Waals surface area contributed by atoms with Crippen molar-refractivity contribution in [1.29, 1.82) is 0 Å². The van der Waals surface area contributed by atoms with E-state index in [1.165, 1.54) is 0 Å². The molecule has 0 saturated heterocycles. The van der Waals surface area contributed by atoms with Gasteiger partial charge in [0.15, 0.2) is 0 Å². The van der Waals surface area contributed by atoms with Crippen LogP contribution < -0.4 is 20.7 Å². The van der Waals surface area contributed by atoms with Crippen LogP contribution in [0.3, 0.4) is 0 Å². The summed E-state index contributed by atoms with van der Waals surface area (Å²) >= 11 is 0. The van der Waals surface area contributed by atoms with Crippen molar-refractivity contribution in [2.75, 3.05) is 19.0 Å². The fourth-order valence-electron chi connectivity index (χ4n) is 2.85. The summed E-state index contributed by atoms with van der Waals surface area (Å²) in [6.45, 7) is 0.336. The molecule has 0 radical (unpaired) electrons. The van der Waals surface area contributed by atoms with E-state index in [-0.39, 0.29) is 12.6 Å². The number of benzene rings is 2. The first-order valence-corrected chi connectivity index (χ1v) is 9.73. The lowest BCUT2D eigenvalue weighted by Crippen LogP contribution is -2.39. The Morgan fingerprint density at radius 3 is 2.52 bits per heavy atom. The van der Waals surface area contributed by atoms with E-state index in [1.807, 2.05) is 54.6 Å². The molecule has 160 valence electrons. The highest BCUT2D eigenvalue weighted by Crippen LogP contribution is 2.26. The molecular formula is C23H24N4O4. The predicted octanol–water partition coefficient (Wildman–Crippen LogP) is 3.12. The van der Waals surface area contributed by atoms with Crippen molar-refractivity contribution < 1.29 is 19.4 Å². The molecule has 8 heteroatoms. The van der Waals surface area contributed by atoms with Gasteiger partial charge < -0.3 is 25.8 Å². The molecule has 1 atom stereocenters. The molecule has 31 heavy (non-hydrogen) atoms. The maximum absolute atomic E-state index is 12.2. The number of rotatable bonds is 9. The highest BCUT2D eigenvalue weighted by atomic mass is 16.5. The van der Waals surface area contributed by atoms with E-state index in [0.29, 0.717) is 18.0 Å². The third-order valence-corrected chi connectivity index (χ3v) is 4.51. The number of hydrogen-bond donors (Lipinski definition) is 4. The molecule has 2 amide bonds. The number of nitrogens with zero attached hydrogens (tertiary/aromatic N) is 1. The van der Waals surface area contributed by atoms with Gasteiger partial charge in [-0.25, -0.2) is 4.79 Å². The van der Waals surface area contributed by atoms with Gasteiger partial charge >= 0.3 is 12.0 Å². The molecule has 1 unspecified atom stereocenters. The number of aromatic nitrogens is 1. The Balaban J connectivity index is 1.63. The minimum atomic E-state index is -0.973. The molecule has 2 aromatic carbocycles. The summed E-state index contributed by atoms with van der Waals surface area (Å²) < 4.78 is 5.62. The van der Waals surface area contributed by atoms with Gasteiger partial charge in [-0.1, -0.05) is 30.3 Å². The quantitative estimate of drug-likeness (QED) is 0.423. The van der Waals surface area contributed by atoms with Crippen molar-refractivity contribution in [2.24, 2.45) is 0 Å². The Hall–Kier alpha value is -3.91. The van der Waals surface area contributed by atoms with Crippen molar-refractivity contribution in [2.45, 2.75) is 12.6 Å². The minimum Gasteiger partial charge on any atom is -0.491 e. The van der Waals surface area contributed by atoms with E-state index < -0.39 is 12.0 Å². The Bertz CT molecular complexity index is 1030. The first-order chi connectivity index (χ1) is 15.0.